The van der Waals surface area contributed by atoms with Crippen LogP contribution >= 0.6 is 11.3 Å². The molecule has 0 aliphatic heterocycles. The van der Waals surface area contributed by atoms with Crippen LogP contribution in [0.25, 0.3) is 0 Å². The number of hydrogen-bond donors (Lipinski definition) is 3. The number of rotatable bonds is 7. The molecule has 0 saturated heterocycles. The third-order valence-corrected chi connectivity index (χ3v) is 5.95. The fourth-order valence-electron chi connectivity index (χ4n) is 2.93. The van der Waals surface area contributed by atoms with E-state index in [-0.39, 0.29) is 24.9 Å². The normalized spacial score (nSPS) is 11.7. The number of methoxy groups -OCH3 is 1. The van der Waals surface area contributed by atoms with Gasteiger partial charge in [-0.05, 0) is 50.5 Å². The molecule has 1 aromatic heterocycles. The Hall–Kier alpha value is -2.71. The lowest BCUT2D eigenvalue weighted by Crippen LogP contribution is -3.11. The number of carbonyl (C=O) groups excluding carboxylic acids is 3. The molecule has 0 bridgehead atoms. The van der Waals surface area contributed by atoms with Crippen molar-refractivity contribution in [2.24, 2.45) is 0 Å². The molecule has 1 heterocycles. The number of quaternary nitrogens is 1. The molecule has 29 heavy (non-hydrogen) atoms. The summed E-state index contributed by atoms with van der Waals surface area (Å²) in [7, 11) is 3.08. The van der Waals surface area contributed by atoms with E-state index in [1.165, 1.54) is 18.4 Å². The van der Waals surface area contributed by atoms with Crippen molar-refractivity contribution in [1.82, 2.24) is 0 Å². The second kappa shape index (κ2) is 9.67. The van der Waals surface area contributed by atoms with Crippen molar-refractivity contribution in [1.29, 1.82) is 0 Å². The predicted molar refractivity (Wildman–Crippen MR) is 115 cm³/mol. The molecule has 0 aliphatic rings. The van der Waals surface area contributed by atoms with Crippen LogP contribution in [0.4, 0.5) is 10.7 Å². The minimum atomic E-state index is -0.476. The number of anilines is 2. The summed E-state index contributed by atoms with van der Waals surface area (Å²) in [6, 6.07) is 5.74. The predicted octanol–water partition coefficient (Wildman–Crippen LogP) is 1.86. The lowest BCUT2D eigenvalue weighted by atomic mass is 10.1. The van der Waals surface area contributed by atoms with E-state index in [1.807, 2.05) is 45.9 Å². The molecular formula is C21H28N3O4S+. The van der Waals surface area contributed by atoms with Crippen molar-refractivity contribution < 1.29 is 24.0 Å². The second-order valence-electron chi connectivity index (χ2n) is 7.13. The van der Waals surface area contributed by atoms with Crippen molar-refractivity contribution in [3.8, 4) is 0 Å². The Morgan fingerprint density at radius 2 is 1.62 bits per heavy atom. The highest BCUT2D eigenvalue weighted by molar-refractivity contribution is 7.16. The highest BCUT2D eigenvalue weighted by atomic mass is 32.1. The molecule has 2 amide bonds. The number of likely N-dealkylation sites (N-methyl/N-ethyl adjacent to an activating group) is 1. The maximum absolute atomic E-state index is 12.4. The lowest BCUT2D eigenvalue weighted by molar-refractivity contribution is -0.862. The molecule has 8 heteroatoms. The van der Waals surface area contributed by atoms with Crippen molar-refractivity contribution >= 4 is 39.8 Å². The fourth-order valence-corrected chi connectivity index (χ4v) is 3.99. The highest BCUT2D eigenvalue weighted by Gasteiger charge is 2.23. The Bertz CT molecular complexity index is 936. The zero-order valence-electron chi connectivity index (χ0n) is 17.7. The molecule has 3 N–H and O–H groups in total. The van der Waals surface area contributed by atoms with Gasteiger partial charge in [-0.1, -0.05) is 12.1 Å². The number of aryl methyl sites for hydroxylation is 2. The first kappa shape index (κ1) is 22.6. The maximum Gasteiger partial charge on any atom is 0.341 e. The van der Waals surface area contributed by atoms with Gasteiger partial charge in [0.2, 0.25) is 0 Å². The molecule has 7 nitrogen and oxygen atoms in total. The topological polar surface area (TPSA) is 88.9 Å². The number of ether oxygens (including phenoxy) is 1. The quantitative estimate of drug-likeness (QED) is 0.599. The van der Waals surface area contributed by atoms with Crippen LogP contribution in [-0.2, 0) is 14.3 Å². The lowest BCUT2D eigenvalue weighted by Gasteiger charge is -2.15. The maximum atomic E-state index is 12.4. The summed E-state index contributed by atoms with van der Waals surface area (Å²) in [5.41, 5.74) is 4.08. The first-order chi connectivity index (χ1) is 13.6. The van der Waals surface area contributed by atoms with Crippen molar-refractivity contribution in [3.05, 3.63) is 45.3 Å². The van der Waals surface area contributed by atoms with Gasteiger partial charge in [-0.3, -0.25) is 9.59 Å². The Morgan fingerprint density at radius 3 is 2.24 bits per heavy atom. The van der Waals surface area contributed by atoms with Gasteiger partial charge >= 0.3 is 5.97 Å². The second-order valence-corrected chi connectivity index (χ2v) is 8.36. The van der Waals surface area contributed by atoms with Crippen LogP contribution in [0.15, 0.2) is 18.2 Å². The van der Waals surface area contributed by atoms with E-state index < -0.39 is 5.97 Å². The van der Waals surface area contributed by atoms with E-state index in [9.17, 15) is 14.4 Å². The molecule has 0 spiro atoms. The molecule has 1 aromatic carbocycles. The third-order valence-electron chi connectivity index (χ3n) is 4.83. The average molecular weight is 419 g/mol. The average Bonchev–Trinajstić information content (AvgIpc) is 2.91. The molecular weight excluding hydrogens is 390 g/mol. The third kappa shape index (κ3) is 5.65. The molecule has 0 saturated carbocycles. The largest absolute Gasteiger partial charge is 0.465 e. The number of amides is 2. The SMILES string of the molecule is COC(=O)c1c(NC(=O)C[NH+](C)CC(=O)Nc2cccc(C)c2C)sc(C)c1C. The van der Waals surface area contributed by atoms with E-state index >= 15 is 0 Å². The Morgan fingerprint density at radius 1 is 1.00 bits per heavy atom. The first-order valence-electron chi connectivity index (χ1n) is 9.29. The molecule has 1 atom stereocenters. The fraction of sp³-hybridized carbons (Fsp3) is 0.381. The van der Waals surface area contributed by atoms with Crippen molar-refractivity contribution in [2.45, 2.75) is 27.7 Å². The van der Waals surface area contributed by atoms with Crippen LogP contribution in [0.2, 0.25) is 0 Å². The molecule has 2 rings (SSSR count). The van der Waals surface area contributed by atoms with Gasteiger partial charge in [0.25, 0.3) is 11.8 Å². The summed E-state index contributed by atoms with van der Waals surface area (Å²) in [5, 5.41) is 6.16. The van der Waals surface area contributed by atoms with Crippen molar-refractivity contribution in [3.63, 3.8) is 0 Å². The monoisotopic (exact) mass is 418 g/mol. The molecule has 0 fully saturated rings. The molecule has 0 aliphatic carbocycles. The standard InChI is InChI=1S/C21H27N3O4S/c1-12-8-7-9-16(13(12)2)22-17(25)10-24(5)11-18(26)23-20-19(21(27)28-6)14(3)15(4)29-20/h7-9H,10-11H2,1-6H3,(H,22,25)(H,23,26)/p+1. The van der Waals surface area contributed by atoms with E-state index in [2.05, 4.69) is 10.6 Å². The molecule has 0 radical (unpaired) electrons. The van der Waals surface area contributed by atoms with Crippen LogP contribution in [0.3, 0.4) is 0 Å². The van der Waals surface area contributed by atoms with E-state index in [0.29, 0.717) is 10.6 Å². The molecule has 156 valence electrons. The van der Waals surface area contributed by atoms with E-state index in [1.54, 1.807) is 7.05 Å². The Kier molecular flexibility index (Phi) is 7.53. The zero-order chi connectivity index (χ0) is 21.7. The van der Waals surface area contributed by atoms with Gasteiger partial charge in [0, 0.05) is 10.6 Å². The Labute approximate surface area is 175 Å². The van der Waals surface area contributed by atoms with Crippen LogP contribution in [0.1, 0.15) is 31.9 Å². The Balaban J connectivity index is 1.96. The number of nitrogens with one attached hydrogen (secondary N) is 3. The first-order valence-corrected chi connectivity index (χ1v) is 10.1. The van der Waals surface area contributed by atoms with Gasteiger partial charge in [0.15, 0.2) is 13.1 Å². The number of benzene rings is 1. The minimum absolute atomic E-state index is 0.0941. The summed E-state index contributed by atoms with van der Waals surface area (Å²) in [5.74, 6) is -0.911. The van der Waals surface area contributed by atoms with Gasteiger partial charge < -0.3 is 20.3 Å². The van der Waals surface area contributed by atoms with Crippen LogP contribution in [0, 0.1) is 27.7 Å². The van der Waals surface area contributed by atoms with Crippen LogP contribution in [-0.4, -0.2) is 45.0 Å². The van der Waals surface area contributed by atoms with Gasteiger partial charge in [0.1, 0.15) is 5.00 Å². The number of carbonyl (C=O) groups is 3. The van der Waals surface area contributed by atoms with Gasteiger partial charge in [-0.25, -0.2) is 4.79 Å². The zero-order valence-corrected chi connectivity index (χ0v) is 18.5. The molecule has 1 unspecified atom stereocenters. The van der Waals surface area contributed by atoms with Crippen molar-refractivity contribution in [2.75, 3.05) is 37.9 Å². The van der Waals surface area contributed by atoms with E-state index in [4.69, 9.17) is 4.74 Å². The minimum Gasteiger partial charge on any atom is -0.465 e. The number of thiophene rings is 1. The number of hydrogen-bond acceptors (Lipinski definition) is 5. The van der Waals surface area contributed by atoms with Crippen LogP contribution in [0.5, 0.6) is 0 Å². The summed E-state index contributed by atoms with van der Waals surface area (Å²) >= 11 is 1.34. The highest BCUT2D eigenvalue weighted by Crippen LogP contribution is 2.32. The summed E-state index contributed by atoms with van der Waals surface area (Å²) in [4.78, 5) is 38.5. The van der Waals surface area contributed by atoms with Gasteiger partial charge in [-0.15, -0.1) is 11.3 Å². The van der Waals surface area contributed by atoms with E-state index in [0.717, 1.165) is 32.2 Å². The summed E-state index contributed by atoms with van der Waals surface area (Å²) in [6.45, 7) is 7.89. The summed E-state index contributed by atoms with van der Waals surface area (Å²) < 4.78 is 4.82. The van der Waals surface area contributed by atoms with Crippen LogP contribution < -0.4 is 15.5 Å². The van der Waals surface area contributed by atoms with Gasteiger partial charge in [-0.2, -0.15) is 0 Å². The number of esters is 1. The smallest absolute Gasteiger partial charge is 0.341 e. The summed E-state index contributed by atoms with van der Waals surface area (Å²) in [6.07, 6.45) is 0. The van der Waals surface area contributed by atoms with Gasteiger partial charge in [0.05, 0.1) is 19.7 Å². The molecule has 2 aromatic rings.